The van der Waals surface area contributed by atoms with E-state index in [0.29, 0.717) is 18.6 Å². The Morgan fingerprint density at radius 1 is 1.04 bits per heavy atom. The number of carbonyl (C=O) groups is 1. The van der Waals surface area contributed by atoms with Crippen LogP contribution in [0.25, 0.3) is 0 Å². The first-order chi connectivity index (χ1) is 11.8. The van der Waals surface area contributed by atoms with Gasteiger partial charge in [0.15, 0.2) is 0 Å². The van der Waals surface area contributed by atoms with Crippen molar-refractivity contribution in [3.05, 3.63) is 29.8 Å². The molecule has 5 nitrogen and oxygen atoms in total. The molecule has 1 aromatic carbocycles. The molecule has 0 saturated carbocycles. The molecule has 2 amide bonds. The Bertz CT molecular complexity index is 599. The number of urea groups is 1. The van der Waals surface area contributed by atoms with E-state index < -0.39 is 29.5 Å². The molecule has 26 heavy (non-hydrogen) atoms. The number of anilines is 1. The van der Waals surface area contributed by atoms with E-state index in [-0.39, 0.29) is 12.2 Å². The van der Waals surface area contributed by atoms with Gasteiger partial charge in [0, 0.05) is 31.9 Å². The van der Waals surface area contributed by atoms with Gasteiger partial charge in [0.25, 0.3) is 5.60 Å². The summed E-state index contributed by atoms with van der Waals surface area (Å²) in [5.41, 5.74) is -3.87. The van der Waals surface area contributed by atoms with Crippen LogP contribution in [-0.2, 0) is 5.60 Å². The van der Waals surface area contributed by atoms with Crippen molar-refractivity contribution in [2.45, 2.75) is 31.3 Å². The maximum Gasteiger partial charge on any atom is 0.430 e. The highest BCUT2D eigenvalue weighted by molar-refractivity contribution is 5.91. The first-order valence-electron chi connectivity index (χ1n) is 7.47. The van der Waals surface area contributed by atoms with Gasteiger partial charge in [-0.1, -0.05) is 19.1 Å². The van der Waals surface area contributed by atoms with Crippen molar-refractivity contribution < 1.29 is 36.2 Å². The molecule has 0 radical (unpaired) electrons. The van der Waals surface area contributed by atoms with Gasteiger partial charge in [-0.15, -0.1) is 0 Å². The van der Waals surface area contributed by atoms with E-state index in [1.165, 1.54) is 19.1 Å². The van der Waals surface area contributed by atoms with Crippen molar-refractivity contribution >= 4 is 11.7 Å². The summed E-state index contributed by atoms with van der Waals surface area (Å²) in [7, 11) is 3.08. The van der Waals surface area contributed by atoms with Gasteiger partial charge < -0.3 is 5.11 Å². The lowest BCUT2D eigenvalue weighted by atomic mass is 9.92. The summed E-state index contributed by atoms with van der Waals surface area (Å²) >= 11 is 0. The molecule has 0 aliphatic carbocycles. The number of amides is 2. The number of carbonyl (C=O) groups excluding carboxylic acids is 1. The predicted octanol–water partition coefficient (Wildman–Crippen LogP) is 3.40. The van der Waals surface area contributed by atoms with Crippen molar-refractivity contribution in [2.75, 3.05) is 25.5 Å². The Balaban J connectivity index is 3.29. The summed E-state index contributed by atoms with van der Waals surface area (Å²) in [5.74, 6) is 0. The van der Waals surface area contributed by atoms with E-state index in [0.717, 1.165) is 17.0 Å². The maximum atomic E-state index is 12.9. The predicted molar refractivity (Wildman–Crippen MR) is 82.3 cm³/mol. The summed E-state index contributed by atoms with van der Waals surface area (Å²) in [5, 5.41) is 10.7. The fraction of sp³-hybridized carbons (Fsp3) is 0.533. The van der Waals surface area contributed by atoms with Crippen molar-refractivity contribution in [2.24, 2.45) is 0 Å². The van der Waals surface area contributed by atoms with Gasteiger partial charge in [-0.05, 0) is 18.6 Å². The molecule has 148 valence electrons. The van der Waals surface area contributed by atoms with Crippen LogP contribution in [0.1, 0.15) is 18.9 Å². The third-order valence-electron chi connectivity index (χ3n) is 3.43. The second kappa shape index (κ2) is 7.70. The molecule has 1 rings (SSSR count). The second-order valence-electron chi connectivity index (χ2n) is 5.72. The van der Waals surface area contributed by atoms with E-state index in [1.807, 2.05) is 0 Å². The molecule has 0 atom stereocenters. The number of aliphatic hydroxyl groups is 1. The van der Waals surface area contributed by atoms with Crippen molar-refractivity contribution in [3.63, 3.8) is 0 Å². The first kappa shape index (κ1) is 22.0. The number of hydrogen-bond acceptors (Lipinski definition) is 3. The smallest absolute Gasteiger partial charge is 0.369 e. The SMILES string of the molecule is CCCN(C(=O)NN(C)C)c1ccc(C(O)(C(F)(F)F)C(F)(F)F)cc1. The number of hydrazine groups is 1. The van der Waals surface area contributed by atoms with Crippen molar-refractivity contribution in [1.29, 1.82) is 0 Å². The van der Waals surface area contributed by atoms with Crippen LogP contribution in [0.4, 0.5) is 36.8 Å². The molecular weight excluding hydrogens is 368 g/mol. The lowest BCUT2D eigenvalue weighted by molar-refractivity contribution is -0.376. The zero-order valence-electron chi connectivity index (χ0n) is 14.2. The summed E-state index contributed by atoms with van der Waals surface area (Å²) in [4.78, 5) is 13.3. The highest BCUT2D eigenvalue weighted by Crippen LogP contribution is 2.50. The van der Waals surface area contributed by atoms with E-state index in [2.05, 4.69) is 5.43 Å². The summed E-state index contributed by atoms with van der Waals surface area (Å²) in [6, 6.07) is 2.24. The zero-order valence-corrected chi connectivity index (χ0v) is 14.2. The minimum absolute atomic E-state index is 0.0849. The van der Waals surface area contributed by atoms with Gasteiger partial charge in [0.2, 0.25) is 0 Å². The number of alkyl halides is 6. The Labute approximate surface area is 146 Å². The number of nitrogens with zero attached hydrogens (tertiary/aromatic N) is 2. The minimum atomic E-state index is -5.96. The third kappa shape index (κ3) is 4.39. The number of halogens is 6. The lowest BCUT2D eigenvalue weighted by Crippen LogP contribution is -2.53. The highest BCUT2D eigenvalue weighted by atomic mass is 19.4. The molecule has 0 saturated heterocycles. The maximum absolute atomic E-state index is 12.9. The largest absolute Gasteiger partial charge is 0.430 e. The fourth-order valence-electron chi connectivity index (χ4n) is 2.19. The molecule has 0 aliphatic heterocycles. The van der Waals surface area contributed by atoms with Crippen LogP contribution in [-0.4, -0.2) is 49.1 Å². The Morgan fingerprint density at radius 3 is 1.85 bits per heavy atom. The molecule has 0 heterocycles. The van der Waals surface area contributed by atoms with Crippen molar-refractivity contribution in [3.8, 4) is 0 Å². The summed E-state index contributed by atoms with van der Waals surface area (Å²) in [6.45, 7) is 1.93. The van der Waals surface area contributed by atoms with Crippen LogP contribution >= 0.6 is 0 Å². The molecule has 1 aromatic rings. The topological polar surface area (TPSA) is 55.8 Å². The van der Waals surface area contributed by atoms with Gasteiger partial charge in [-0.3, -0.25) is 10.3 Å². The van der Waals surface area contributed by atoms with Gasteiger partial charge in [0.1, 0.15) is 0 Å². The van der Waals surface area contributed by atoms with Crippen LogP contribution in [0.5, 0.6) is 0 Å². The molecule has 11 heteroatoms. The molecule has 0 unspecified atom stereocenters. The quantitative estimate of drug-likeness (QED) is 0.602. The number of hydrogen-bond donors (Lipinski definition) is 2. The molecule has 0 spiro atoms. The number of rotatable bonds is 5. The van der Waals surface area contributed by atoms with Crippen LogP contribution < -0.4 is 10.3 Å². The second-order valence-corrected chi connectivity index (χ2v) is 5.72. The average molecular weight is 387 g/mol. The van der Waals surface area contributed by atoms with Gasteiger partial charge in [-0.2, -0.15) is 26.3 Å². The third-order valence-corrected chi connectivity index (χ3v) is 3.43. The molecule has 0 fully saturated rings. The molecule has 0 aliphatic rings. The van der Waals surface area contributed by atoms with Gasteiger partial charge in [0.05, 0.1) is 0 Å². The Kier molecular flexibility index (Phi) is 6.53. The number of nitrogens with one attached hydrogen (secondary N) is 1. The van der Waals surface area contributed by atoms with Crippen LogP contribution in [0.15, 0.2) is 24.3 Å². The normalized spacial score (nSPS) is 13.0. The van der Waals surface area contributed by atoms with Crippen LogP contribution in [0.3, 0.4) is 0 Å². The van der Waals surface area contributed by atoms with Crippen molar-refractivity contribution in [1.82, 2.24) is 10.4 Å². The minimum Gasteiger partial charge on any atom is -0.369 e. The monoisotopic (exact) mass is 387 g/mol. The first-order valence-corrected chi connectivity index (χ1v) is 7.47. The molecule has 2 N–H and O–H groups in total. The highest BCUT2D eigenvalue weighted by Gasteiger charge is 2.71. The van der Waals surface area contributed by atoms with Gasteiger partial charge >= 0.3 is 18.4 Å². The Hall–Kier alpha value is -2.01. The molecule has 0 aromatic heterocycles. The van der Waals surface area contributed by atoms with Crippen LogP contribution in [0, 0.1) is 0 Å². The molecule has 0 bridgehead atoms. The standard InChI is InChI=1S/C15H19F6N3O2/c1-4-9-24(12(25)22-23(2)3)11-7-5-10(6-8-11)13(26,14(16,17)18)15(19,20)21/h5-8,26H,4,9H2,1-3H3,(H,22,25). The van der Waals surface area contributed by atoms with E-state index >= 15 is 0 Å². The van der Waals surface area contributed by atoms with E-state index in [9.17, 15) is 36.2 Å². The summed E-state index contributed by atoms with van der Waals surface area (Å²) < 4.78 is 77.3. The van der Waals surface area contributed by atoms with E-state index in [1.54, 1.807) is 6.92 Å². The molecular formula is C15H19F6N3O2. The van der Waals surface area contributed by atoms with E-state index in [4.69, 9.17) is 0 Å². The Morgan fingerprint density at radius 2 is 1.50 bits per heavy atom. The van der Waals surface area contributed by atoms with Crippen LogP contribution in [0.2, 0.25) is 0 Å². The lowest BCUT2D eigenvalue weighted by Gasteiger charge is -2.33. The average Bonchev–Trinajstić information content (AvgIpc) is 2.49. The summed E-state index contributed by atoms with van der Waals surface area (Å²) in [6.07, 6.45) is -11.4. The zero-order chi connectivity index (χ0) is 20.3. The fourth-order valence-corrected chi connectivity index (χ4v) is 2.19. The number of benzene rings is 1. The van der Waals surface area contributed by atoms with Gasteiger partial charge in [-0.25, -0.2) is 9.80 Å².